The predicted octanol–water partition coefficient (Wildman–Crippen LogP) is 2.31. The Morgan fingerprint density at radius 2 is 1.73 bits per heavy atom. The van der Waals surface area contributed by atoms with Crippen LogP contribution < -0.4 is 10.6 Å². The lowest BCUT2D eigenvalue weighted by Gasteiger charge is -2.32. The number of amides is 2. The highest BCUT2D eigenvalue weighted by Gasteiger charge is 2.29. The first-order chi connectivity index (χ1) is 12.3. The molecule has 0 saturated carbocycles. The van der Waals surface area contributed by atoms with Crippen LogP contribution >= 0.6 is 0 Å². The molecule has 2 heterocycles. The van der Waals surface area contributed by atoms with Crippen molar-refractivity contribution in [3.8, 4) is 0 Å². The van der Waals surface area contributed by atoms with E-state index in [1.165, 1.54) is 5.56 Å². The zero-order valence-electron chi connectivity index (χ0n) is 16.2. The molecule has 142 valence electrons. The SMILES string of the molecule is CC(C)(C)c1ccc(C(=O)N2CCC(C(=O)N[C@@H]3CCNC3)CC2)cc1. The Balaban J connectivity index is 1.52. The molecule has 1 aromatic carbocycles. The normalized spacial score (nSPS) is 21.7. The van der Waals surface area contributed by atoms with Gasteiger partial charge in [-0.25, -0.2) is 0 Å². The van der Waals surface area contributed by atoms with Crippen molar-refractivity contribution in [3.05, 3.63) is 35.4 Å². The van der Waals surface area contributed by atoms with E-state index in [1.807, 2.05) is 29.2 Å². The van der Waals surface area contributed by atoms with Gasteiger partial charge in [-0.2, -0.15) is 0 Å². The monoisotopic (exact) mass is 357 g/mol. The molecule has 2 aliphatic heterocycles. The van der Waals surface area contributed by atoms with Gasteiger partial charge in [-0.3, -0.25) is 9.59 Å². The van der Waals surface area contributed by atoms with Crippen molar-refractivity contribution < 1.29 is 9.59 Å². The van der Waals surface area contributed by atoms with Crippen LogP contribution in [0, 0.1) is 5.92 Å². The molecule has 0 bridgehead atoms. The molecule has 1 atom stereocenters. The second-order valence-electron chi connectivity index (χ2n) is 8.59. The summed E-state index contributed by atoms with van der Waals surface area (Å²) in [5.41, 5.74) is 2.05. The number of carbonyl (C=O) groups excluding carboxylic acids is 2. The zero-order valence-corrected chi connectivity index (χ0v) is 16.2. The molecule has 0 spiro atoms. The topological polar surface area (TPSA) is 61.4 Å². The summed E-state index contributed by atoms with van der Waals surface area (Å²) in [5.74, 6) is 0.257. The first kappa shape index (κ1) is 18.9. The fourth-order valence-corrected chi connectivity index (χ4v) is 3.74. The molecular weight excluding hydrogens is 326 g/mol. The van der Waals surface area contributed by atoms with Gasteiger partial charge in [0.15, 0.2) is 0 Å². The maximum Gasteiger partial charge on any atom is 0.253 e. The maximum atomic E-state index is 12.7. The van der Waals surface area contributed by atoms with E-state index in [0.29, 0.717) is 13.1 Å². The number of rotatable bonds is 3. The highest BCUT2D eigenvalue weighted by molar-refractivity contribution is 5.94. The van der Waals surface area contributed by atoms with Gasteiger partial charge in [0.05, 0.1) is 0 Å². The lowest BCUT2D eigenvalue weighted by atomic mass is 9.86. The van der Waals surface area contributed by atoms with Crippen molar-refractivity contribution in [1.29, 1.82) is 0 Å². The molecule has 2 amide bonds. The number of hydrogen-bond acceptors (Lipinski definition) is 3. The van der Waals surface area contributed by atoms with Crippen LogP contribution in [0.2, 0.25) is 0 Å². The summed E-state index contributed by atoms with van der Waals surface area (Å²) in [4.78, 5) is 27.0. The number of hydrogen-bond donors (Lipinski definition) is 2. The standard InChI is InChI=1S/C21H31N3O2/c1-21(2,3)17-6-4-16(5-7-17)20(26)24-12-9-15(10-13-24)19(25)23-18-8-11-22-14-18/h4-7,15,18,22H,8-14H2,1-3H3,(H,23,25)/t18-/m1/s1. The van der Waals surface area contributed by atoms with Gasteiger partial charge in [0.2, 0.25) is 5.91 Å². The van der Waals surface area contributed by atoms with Gasteiger partial charge in [-0.05, 0) is 48.9 Å². The number of nitrogens with zero attached hydrogens (tertiary/aromatic N) is 1. The minimum Gasteiger partial charge on any atom is -0.352 e. The molecule has 0 unspecified atom stereocenters. The van der Waals surface area contributed by atoms with E-state index < -0.39 is 0 Å². The summed E-state index contributed by atoms with van der Waals surface area (Å²) in [7, 11) is 0. The van der Waals surface area contributed by atoms with Gasteiger partial charge in [0.25, 0.3) is 5.91 Å². The van der Waals surface area contributed by atoms with Crippen LogP contribution in [0.3, 0.4) is 0 Å². The minimum atomic E-state index is 0.0305. The largest absolute Gasteiger partial charge is 0.352 e. The summed E-state index contributed by atoms with van der Waals surface area (Å²) in [6.45, 7) is 9.66. The molecular formula is C21H31N3O2. The maximum absolute atomic E-state index is 12.7. The first-order valence-corrected chi connectivity index (χ1v) is 9.75. The molecule has 1 aromatic rings. The third kappa shape index (κ3) is 4.44. The second kappa shape index (κ2) is 7.78. The van der Waals surface area contributed by atoms with Crippen molar-refractivity contribution in [2.75, 3.05) is 26.2 Å². The van der Waals surface area contributed by atoms with E-state index in [2.05, 4.69) is 31.4 Å². The molecule has 0 aliphatic carbocycles. The average molecular weight is 357 g/mol. The van der Waals surface area contributed by atoms with Crippen molar-refractivity contribution in [2.45, 2.75) is 51.5 Å². The molecule has 2 N–H and O–H groups in total. The molecule has 0 radical (unpaired) electrons. The predicted molar refractivity (Wildman–Crippen MR) is 103 cm³/mol. The highest BCUT2D eigenvalue weighted by Crippen LogP contribution is 2.24. The summed E-state index contributed by atoms with van der Waals surface area (Å²) in [5, 5.41) is 6.41. The fourth-order valence-electron chi connectivity index (χ4n) is 3.74. The second-order valence-corrected chi connectivity index (χ2v) is 8.59. The average Bonchev–Trinajstić information content (AvgIpc) is 3.13. The molecule has 2 aliphatic rings. The number of nitrogens with one attached hydrogen (secondary N) is 2. The van der Waals surface area contributed by atoms with E-state index in [0.717, 1.165) is 37.9 Å². The summed E-state index contributed by atoms with van der Waals surface area (Å²) < 4.78 is 0. The third-order valence-corrected chi connectivity index (χ3v) is 5.56. The van der Waals surface area contributed by atoms with E-state index >= 15 is 0 Å². The Morgan fingerprint density at radius 3 is 2.27 bits per heavy atom. The number of benzene rings is 1. The van der Waals surface area contributed by atoms with E-state index in [1.54, 1.807) is 0 Å². The third-order valence-electron chi connectivity index (χ3n) is 5.56. The van der Waals surface area contributed by atoms with Crippen molar-refractivity contribution in [3.63, 3.8) is 0 Å². The van der Waals surface area contributed by atoms with Crippen LogP contribution in [0.4, 0.5) is 0 Å². The molecule has 5 nitrogen and oxygen atoms in total. The summed E-state index contributed by atoms with van der Waals surface area (Å²) in [6, 6.07) is 8.21. The molecule has 3 rings (SSSR count). The van der Waals surface area contributed by atoms with Crippen LogP contribution in [0.25, 0.3) is 0 Å². The number of likely N-dealkylation sites (tertiary alicyclic amines) is 1. The molecule has 26 heavy (non-hydrogen) atoms. The summed E-state index contributed by atoms with van der Waals surface area (Å²) in [6.07, 6.45) is 2.50. The van der Waals surface area contributed by atoms with Crippen LogP contribution in [-0.2, 0) is 10.2 Å². The van der Waals surface area contributed by atoms with E-state index in [4.69, 9.17) is 0 Å². The Bertz CT molecular complexity index is 634. The van der Waals surface area contributed by atoms with Crippen molar-refractivity contribution >= 4 is 11.8 Å². The van der Waals surface area contributed by atoms with Gasteiger partial charge in [0.1, 0.15) is 0 Å². The van der Waals surface area contributed by atoms with Crippen LogP contribution in [0.5, 0.6) is 0 Å². The first-order valence-electron chi connectivity index (χ1n) is 9.75. The molecule has 5 heteroatoms. The Morgan fingerprint density at radius 1 is 1.08 bits per heavy atom. The lowest BCUT2D eigenvalue weighted by molar-refractivity contribution is -0.126. The van der Waals surface area contributed by atoms with Gasteiger partial charge in [-0.1, -0.05) is 32.9 Å². The van der Waals surface area contributed by atoms with Crippen molar-refractivity contribution in [2.24, 2.45) is 5.92 Å². The molecule has 2 fully saturated rings. The zero-order chi connectivity index (χ0) is 18.7. The van der Waals surface area contributed by atoms with E-state index in [9.17, 15) is 9.59 Å². The quantitative estimate of drug-likeness (QED) is 0.873. The minimum absolute atomic E-state index is 0.0305. The van der Waals surface area contributed by atoms with Crippen LogP contribution in [-0.4, -0.2) is 48.9 Å². The Kier molecular flexibility index (Phi) is 5.66. The highest BCUT2D eigenvalue weighted by atomic mass is 16.2. The fraction of sp³-hybridized carbons (Fsp3) is 0.619. The van der Waals surface area contributed by atoms with Crippen LogP contribution in [0.1, 0.15) is 56.0 Å². The number of piperidine rings is 1. The van der Waals surface area contributed by atoms with Gasteiger partial charge < -0.3 is 15.5 Å². The smallest absolute Gasteiger partial charge is 0.253 e. The van der Waals surface area contributed by atoms with Crippen LogP contribution in [0.15, 0.2) is 24.3 Å². The van der Waals surface area contributed by atoms with Gasteiger partial charge in [0, 0.05) is 37.2 Å². The Labute approximate surface area is 156 Å². The number of carbonyl (C=O) groups is 2. The Hall–Kier alpha value is -1.88. The van der Waals surface area contributed by atoms with Crippen molar-refractivity contribution in [1.82, 2.24) is 15.5 Å². The van der Waals surface area contributed by atoms with E-state index in [-0.39, 0.29) is 29.2 Å². The van der Waals surface area contributed by atoms with Gasteiger partial charge in [-0.15, -0.1) is 0 Å². The summed E-state index contributed by atoms with van der Waals surface area (Å²) >= 11 is 0. The molecule has 2 saturated heterocycles. The molecule has 0 aromatic heterocycles. The van der Waals surface area contributed by atoms with Gasteiger partial charge >= 0.3 is 0 Å². The lowest BCUT2D eigenvalue weighted by Crippen LogP contribution is -2.45.